The van der Waals surface area contributed by atoms with E-state index in [0.29, 0.717) is 22.5 Å². The Bertz CT molecular complexity index is 1020. The number of aryl methyl sites for hydroxylation is 4. The van der Waals surface area contributed by atoms with E-state index < -0.39 is 0 Å². The summed E-state index contributed by atoms with van der Waals surface area (Å²) in [5.74, 6) is -0.510. The molecule has 0 aliphatic carbocycles. The van der Waals surface area contributed by atoms with Gasteiger partial charge >= 0.3 is 0 Å². The van der Waals surface area contributed by atoms with Crippen LogP contribution in [0.1, 0.15) is 33.4 Å². The summed E-state index contributed by atoms with van der Waals surface area (Å²) in [6, 6.07) is 7.90. The molecule has 0 saturated carbocycles. The summed E-state index contributed by atoms with van der Waals surface area (Å²) in [5, 5.41) is 5.83. The Hall–Kier alpha value is -2.18. The Kier molecular flexibility index (Phi) is 4.59. The maximum Gasteiger partial charge on any atom is 0.258 e. The average molecular weight is 502 g/mol. The molecule has 2 aliphatic heterocycles. The van der Waals surface area contributed by atoms with Gasteiger partial charge in [-0.25, -0.2) is 0 Å². The smallest absolute Gasteiger partial charge is 0.258 e. The summed E-state index contributed by atoms with van der Waals surface area (Å²) in [7, 11) is 0. The quantitative estimate of drug-likeness (QED) is 0.619. The molecule has 6 heteroatoms. The van der Waals surface area contributed by atoms with Crippen molar-refractivity contribution < 1.29 is 9.59 Å². The molecular formula is C22H18Br2N2O2. The van der Waals surface area contributed by atoms with Crippen LogP contribution >= 0.6 is 31.9 Å². The molecule has 2 heterocycles. The molecule has 2 aliphatic rings. The van der Waals surface area contributed by atoms with Crippen molar-refractivity contribution >= 4 is 55.1 Å². The van der Waals surface area contributed by atoms with Crippen LogP contribution in [0, 0.1) is 27.7 Å². The van der Waals surface area contributed by atoms with Crippen molar-refractivity contribution in [1.29, 1.82) is 0 Å². The summed E-state index contributed by atoms with van der Waals surface area (Å²) in [4.78, 5) is 25.6. The molecular weight excluding hydrogens is 484 g/mol. The Morgan fingerprint density at radius 3 is 1.18 bits per heavy atom. The van der Waals surface area contributed by atoms with Crippen molar-refractivity contribution in [2.75, 3.05) is 0 Å². The average Bonchev–Trinajstić information content (AvgIpc) is 3.15. The first kappa shape index (κ1) is 19.2. The van der Waals surface area contributed by atoms with Crippen LogP contribution in [0.3, 0.4) is 0 Å². The summed E-state index contributed by atoms with van der Waals surface area (Å²) in [5.41, 5.74) is 7.82. The van der Waals surface area contributed by atoms with Gasteiger partial charge in [0.1, 0.15) is 0 Å². The van der Waals surface area contributed by atoms with Crippen molar-refractivity contribution in [3.05, 3.63) is 77.7 Å². The summed E-state index contributed by atoms with van der Waals surface area (Å²) >= 11 is 7.13. The van der Waals surface area contributed by atoms with E-state index in [9.17, 15) is 9.59 Å². The lowest BCUT2D eigenvalue weighted by Crippen LogP contribution is -2.21. The molecule has 4 rings (SSSR count). The first-order chi connectivity index (χ1) is 13.2. The molecule has 2 aromatic rings. The number of hydrogen-bond donors (Lipinski definition) is 2. The van der Waals surface area contributed by atoms with E-state index in [-0.39, 0.29) is 11.8 Å². The fourth-order valence-electron chi connectivity index (χ4n) is 3.79. The van der Waals surface area contributed by atoms with Gasteiger partial charge in [-0.1, -0.05) is 31.9 Å². The molecule has 0 aromatic heterocycles. The van der Waals surface area contributed by atoms with E-state index in [0.717, 1.165) is 42.3 Å². The van der Waals surface area contributed by atoms with E-state index in [2.05, 4.69) is 42.5 Å². The minimum atomic E-state index is -0.255. The molecule has 0 saturated heterocycles. The van der Waals surface area contributed by atoms with Crippen LogP contribution < -0.4 is 10.6 Å². The van der Waals surface area contributed by atoms with Gasteiger partial charge in [0.15, 0.2) is 0 Å². The topological polar surface area (TPSA) is 58.2 Å². The minimum absolute atomic E-state index is 0.255. The molecule has 0 radical (unpaired) electrons. The Morgan fingerprint density at radius 2 is 0.893 bits per heavy atom. The second-order valence-corrected chi connectivity index (χ2v) is 8.84. The maximum absolute atomic E-state index is 12.8. The van der Waals surface area contributed by atoms with Crippen molar-refractivity contribution in [1.82, 2.24) is 10.6 Å². The molecule has 0 atom stereocenters. The van der Waals surface area contributed by atoms with Crippen molar-refractivity contribution in [2.45, 2.75) is 27.7 Å². The van der Waals surface area contributed by atoms with Gasteiger partial charge in [-0.05, 0) is 85.3 Å². The molecule has 4 nitrogen and oxygen atoms in total. The number of nitrogens with one attached hydrogen (secondary N) is 2. The number of carbonyl (C=O) groups excluding carboxylic acids is 2. The SMILES string of the molecule is Cc1cc(C2=C3C(=O)NC(c4cc(C)c(Br)c(C)c4)=C3C(=O)N2)cc(C)c1Br. The lowest BCUT2D eigenvalue weighted by molar-refractivity contribution is -0.117. The number of halogens is 2. The van der Waals surface area contributed by atoms with E-state index in [4.69, 9.17) is 0 Å². The summed E-state index contributed by atoms with van der Waals surface area (Å²) in [6.45, 7) is 7.97. The van der Waals surface area contributed by atoms with Gasteiger partial charge in [0.2, 0.25) is 0 Å². The van der Waals surface area contributed by atoms with E-state index in [1.807, 2.05) is 52.0 Å². The number of fused-ring (bicyclic) bond motifs is 1. The zero-order valence-corrected chi connectivity index (χ0v) is 19.1. The predicted molar refractivity (Wildman–Crippen MR) is 117 cm³/mol. The van der Waals surface area contributed by atoms with Gasteiger partial charge in [0.25, 0.3) is 11.8 Å². The molecule has 0 spiro atoms. The van der Waals surface area contributed by atoms with Crippen LogP contribution in [0.15, 0.2) is 44.4 Å². The Labute approximate surface area is 180 Å². The number of carbonyl (C=O) groups is 2. The van der Waals surface area contributed by atoms with E-state index in [1.165, 1.54) is 0 Å². The highest BCUT2D eigenvalue weighted by molar-refractivity contribution is 9.10. The predicted octanol–water partition coefficient (Wildman–Crippen LogP) is 4.83. The molecule has 0 fully saturated rings. The number of amides is 2. The third-order valence-corrected chi connectivity index (χ3v) is 7.63. The maximum atomic E-state index is 12.8. The van der Waals surface area contributed by atoms with Crippen LogP contribution in [0.4, 0.5) is 0 Å². The third kappa shape index (κ3) is 2.86. The first-order valence-electron chi connectivity index (χ1n) is 8.85. The van der Waals surface area contributed by atoms with Crippen molar-refractivity contribution in [3.63, 3.8) is 0 Å². The fraction of sp³-hybridized carbons (Fsp3) is 0.182. The zero-order valence-electron chi connectivity index (χ0n) is 15.9. The molecule has 2 amide bonds. The van der Waals surface area contributed by atoms with Crippen LogP contribution in [0.25, 0.3) is 11.4 Å². The molecule has 0 bridgehead atoms. The highest BCUT2D eigenvalue weighted by atomic mass is 79.9. The van der Waals surface area contributed by atoms with Crippen molar-refractivity contribution in [2.24, 2.45) is 0 Å². The zero-order chi connectivity index (χ0) is 20.3. The van der Waals surface area contributed by atoms with Crippen LogP contribution in [-0.4, -0.2) is 11.8 Å². The lowest BCUT2D eigenvalue weighted by Gasteiger charge is -2.11. The highest BCUT2D eigenvalue weighted by Crippen LogP contribution is 2.39. The third-order valence-electron chi connectivity index (χ3n) is 5.13. The van der Waals surface area contributed by atoms with E-state index >= 15 is 0 Å². The second kappa shape index (κ2) is 6.71. The molecule has 28 heavy (non-hydrogen) atoms. The van der Waals surface area contributed by atoms with Gasteiger partial charge < -0.3 is 10.6 Å². The molecule has 142 valence electrons. The normalized spacial score (nSPS) is 15.9. The first-order valence-corrected chi connectivity index (χ1v) is 10.4. The minimum Gasteiger partial charge on any atom is -0.321 e. The van der Waals surface area contributed by atoms with Gasteiger partial charge in [-0.3, -0.25) is 9.59 Å². The lowest BCUT2D eigenvalue weighted by atomic mass is 9.98. The van der Waals surface area contributed by atoms with E-state index in [1.54, 1.807) is 0 Å². The Morgan fingerprint density at radius 1 is 0.607 bits per heavy atom. The number of benzene rings is 2. The standard InChI is InChI=1S/C22H18Br2N2O2/c1-9-5-13(6-10(2)17(9)23)19-15-16(22(28)25-19)20(26-21(15)27)14-7-11(3)18(24)12(4)8-14/h5-8H,1-4H3,(H,25,28)(H,26,27). The molecule has 0 unspecified atom stereocenters. The van der Waals surface area contributed by atoms with Crippen LogP contribution in [-0.2, 0) is 9.59 Å². The Balaban J connectivity index is 1.93. The van der Waals surface area contributed by atoms with Gasteiger partial charge in [-0.2, -0.15) is 0 Å². The highest BCUT2D eigenvalue weighted by Gasteiger charge is 2.41. The van der Waals surface area contributed by atoms with Gasteiger partial charge in [0.05, 0.1) is 22.5 Å². The second-order valence-electron chi connectivity index (χ2n) is 7.26. The monoisotopic (exact) mass is 500 g/mol. The molecule has 2 N–H and O–H groups in total. The number of hydrogen-bond acceptors (Lipinski definition) is 2. The van der Waals surface area contributed by atoms with Crippen LogP contribution in [0.5, 0.6) is 0 Å². The van der Waals surface area contributed by atoms with Crippen molar-refractivity contribution in [3.8, 4) is 0 Å². The van der Waals surface area contributed by atoms with Gasteiger partial charge in [0, 0.05) is 8.95 Å². The fourth-order valence-corrected chi connectivity index (χ4v) is 4.25. The summed E-state index contributed by atoms with van der Waals surface area (Å²) < 4.78 is 2.05. The number of rotatable bonds is 2. The largest absolute Gasteiger partial charge is 0.321 e. The van der Waals surface area contributed by atoms with Crippen LogP contribution in [0.2, 0.25) is 0 Å². The molecule has 2 aromatic carbocycles. The summed E-state index contributed by atoms with van der Waals surface area (Å²) in [6.07, 6.45) is 0. The van der Waals surface area contributed by atoms with Gasteiger partial charge in [-0.15, -0.1) is 0 Å².